The molecule has 1 heterocycles. The normalized spacial score (nSPS) is 38.2. The third-order valence-corrected chi connectivity index (χ3v) is 1.69. The van der Waals surface area contributed by atoms with Crippen LogP contribution in [0.15, 0.2) is 0 Å². The van der Waals surface area contributed by atoms with Crippen LogP contribution in [0.2, 0.25) is 0 Å². The topological polar surface area (TPSA) is 32.3 Å². The molecule has 0 spiro atoms. The van der Waals surface area contributed by atoms with Crippen molar-refractivity contribution in [1.82, 2.24) is 5.32 Å². The van der Waals surface area contributed by atoms with E-state index in [2.05, 4.69) is 12.2 Å². The first-order valence-electron chi connectivity index (χ1n) is 3.20. The molecule has 1 rings (SSSR count). The summed E-state index contributed by atoms with van der Waals surface area (Å²) in [6.07, 6.45) is 2.35. The summed E-state index contributed by atoms with van der Waals surface area (Å²) in [5.41, 5.74) is 0. The lowest BCUT2D eigenvalue weighted by Gasteiger charge is -2.05. The number of aliphatic hydroxyl groups excluding tert-OH is 1. The molecule has 0 amide bonds. The fraction of sp³-hybridized carbons (Fsp3) is 1.00. The molecule has 0 aromatic carbocycles. The van der Waals surface area contributed by atoms with Crippen molar-refractivity contribution in [3.8, 4) is 0 Å². The first-order chi connectivity index (χ1) is 3.83. The van der Waals surface area contributed by atoms with E-state index in [1.54, 1.807) is 0 Å². The summed E-state index contributed by atoms with van der Waals surface area (Å²) in [7, 11) is 0. The molecule has 1 fully saturated rings. The average Bonchev–Trinajstić information content (AvgIpc) is 2.14. The number of hydrogen-bond donors (Lipinski definition) is 2. The van der Waals surface area contributed by atoms with Gasteiger partial charge in [-0.1, -0.05) is 0 Å². The van der Waals surface area contributed by atoms with E-state index < -0.39 is 0 Å². The molecule has 0 aromatic heterocycles. The molecular formula is C6H13NO. The second kappa shape index (κ2) is 2.46. The molecule has 48 valence electrons. The zero-order valence-electron chi connectivity index (χ0n) is 5.22. The van der Waals surface area contributed by atoms with Gasteiger partial charge >= 0.3 is 0 Å². The summed E-state index contributed by atoms with van der Waals surface area (Å²) in [5.74, 6) is 0. The minimum Gasteiger partial charge on any atom is -0.395 e. The van der Waals surface area contributed by atoms with Crippen LogP contribution in [0.5, 0.6) is 0 Å². The van der Waals surface area contributed by atoms with E-state index in [0.29, 0.717) is 18.7 Å². The molecule has 0 bridgehead atoms. The minimum atomic E-state index is 0.296. The van der Waals surface area contributed by atoms with E-state index in [-0.39, 0.29) is 0 Å². The van der Waals surface area contributed by atoms with E-state index in [1.807, 2.05) is 0 Å². The largest absolute Gasteiger partial charge is 0.395 e. The first-order valence-corrected chi connectivity index (χ1v) is 3.20. The van der Waals surface area contributed by atoms with Crippen molar-refractivity contribution >= 4 is 0 Å². The highest BCUT2D eigenvalue weighted by Crippen LogP contribution is 2.09. The second-order valence-corrected chi connectivity index (χ2v) is 2.52. The fourth-order valence-electron chi connectivity index (χ4n) is 1.16. The van der Waals surface area contributed by atoms with Gasteiger partial charge in [0.25, 0.3) is 0 Å². The van der Waals surface area contributed by atoms with E-state index >= 15 is 0 Å². The van der Waals surface area contributed by atoms with Crippen molar-refractivity contribution in [1.29, 1.82) is 0 Å². The van der Waals surface area contributed by atoms with Crippen LogP contribution in [-0.2, 0) is 0 Å². The summed E-state index contributed by atoms with van der Waals surface area (Å²) < 4.78 is 0. The molecule has 2 atom stereocenters. The fourth-order valence-corrected chi connectivity index (χ4v) is 1.16. The van der Waals surface area contributed by atoms with Gasteiger partial charge < -0.3 is 10.4 Å². The molecule has 1 saturated heterocycles. The SMILES string of the molecule is CC1CCC(CO)N1. The maximum absolute atomic E-state index is 8.62. The smallest absolute Gasteiger partial charge is 0.0584 e. The Hall–Kier alpha value is -0.0800. The Kier molecular flexibility index (Phi) is 1.86. The van der Waals surface area contributed by atoms with Gasteiger partial charge in [0, 0.05) is 12.1 Å². The molecule has 1 aliphatic heterocycles. The van der Waals surface area contributed by atoms with Crippen molar-refractivity contribution in [3.05, 3.63) is 0 Å². The predicted octanol–water partition coefficient (Wildman–Crippen LogP) is 0.119. The van der Waals surface area contributed by atoms with Crippen LogP contribution in [-0.4, -0.2) is 23.8 Å². The molecule has 0 aromatic rings. The Bertz CT molecular complexity index is 74.9. The van der Waals surface area contributed by atoms with Crippen LogP contribution in [0.3, 0.4) is 0 Å². The van der Waals surface area contributed by atoms with Crippen molar-refractivity contribution < 1.29 is 5.11 Å². The molecule has 2 heteroatoms. The van der Waals surface area contributed by atoms with Crippen LogP contribution in [0, 0.1) is 0 Å². The van der Waals surface area contributed by atoms with Gasteiger partial charge in [-0.25, -0.2) is 0 Å². The van der Waals surface area contributed by atoms with Crippen LogP contribution >= 0.6 is 0 Å². The molecular weight excluding hydrogens is 102 g/mol. The number of rotatable bonds is 1. The van der Waals surface area contributed by atoms with Gasteiger partial charge in [0.15, 0.2) is 0 Å². The maximum atomic E-state index is 8.62. The first kappa shape index (κ1) is 6.05. The van der Waals surface area contributed by atoms with Crippen LogP contribution in [0.4, 0.5) is 0 Å². The van der Waals surface area contributed by atoms with Gasteiger partial charge in [-0.05, 0) is 19.8 Å². The van der Waals surface area contributed by atoms with Gasteiger partial charge in [-0.3, -0.25) is 0 Å². The molecule has 1 aliphatic rings. The quantitative estimate of drug-likeness (QED) is 0.508. The zero-order valence-corrected chi connectivity index (χ0v) is 5.22. The van der Waals surface area contributed by atoms with Crippen molar-refractivity contribution in [3.63, 3.8) is 0 Å². The molecule has 8 heavy (non-hydrogen) atoms. The summed E-state index contributed by atoms with van der Waals surface area (Å²) in [6, 6.07) is 0.997. The lowest BCUT2D eigenvalue weighted by atomic mass is 10.2. The third kappa shape index (κ3) is 1.20. The van der Waals surface area contributed by atoms with Gasteiger partial charge in [0.1, 0.15) is 0 Å². The van der Waals surface area contributed by atoms with Crippen molar-refractivity contribution in [2.75, 3.05) is 6.61 Å². The van der Waals surface area contributed by atoms with E-state index in [0.717, 1.165) is 6.42 Å². The Labute approximate surface area is 49.9 Å². The van der Waals surface area contributed by atoms with E-state index in [1.165, 1.54) is 6.42 Å². The van der Waals surface area contributed by atoms with Crippen LogP contribution in [0.1, 0.15) is 19.8 Å². The molecule has 0 saturated carbocycles. The van der Waals surface area contributed by atoms with Crippen molar-refractivity contribution in [2.24, 2.45) is 0 Å². The lowest BCUT2D eigenvalue weighted by molar-refractivity contribution is 0.252. The predicted molar refractivity (Wildman–Crippen MR) is 32.7 cm³/mol. The summed E-state index contributed by atoms with van der Waals surface area (Å²) >= 11 is 0. The highest BCUT2D eigenvalue weighted by molar-refractivity contribution is 4.79. The summed E-state index contributed by atoms with van der Waals surface area (Å²) in [6.45, 7) is 2.44. The minimum absolute atomic E-state index is 0.296. The Morgan fingerprint density at radius 1 is 1.62 bits per heavy atom. The van der Waals surface area contributed by atoms with Crippen molar-refractivity contribution in [2.45, 2.75) is 31.8 Å². The van der Waals surface area contributed by atoms with E-state index in [4.69, 9.17) is 5.11 Å². The maximum Gasteiger partial charge on any atom is 0.0584 e. The Morgan fingerprint density at radius 2 is 2.38 bits per heavy atom. The Morgan fingerprint density at radius 3 is 2.62 bits per heavy atom. The highest BCUT2D eigenvalue weighted by Gasteiger charge is 2.18. The van der Waals surface area contributed by atoms with Gasteiger partial charge in [-0.15, -0.1) is 0 Å². The molecule has 0 radical (unpaired) electrons. The average molecular weight is 115 g/mol. The second-order valence-electron chi connectivity index (χ2n) is 2.52. The summed E-state index contributed by atoms with van der Waals surface area (Å²) in [5, 5.41) is 11.9. The third-order valence-electron chi connectivity index (χ3n) is 1.69. The molecule has 2 N–H and O–H groups in total. The Balaban J connectivity index is 2.22. The summed E-state index contributed by atoms with van der Waals surface area (Å²) in [4.78, 5) is 0. The molecule has 0 aliphatic carbocycles. The van der Waals surface area contributed by atoms with Crippen LogP contribution < -0.4 is 5.32 Å². The van der Waals surface area contributed by atoms with Crippen LogP contribution in [0.25, 0.3) is 0 Å². The molecule has 2 unspecified atom stereocenters. The zero-order chi connectivity index (χ0) is 5.98. The number of nitrogens with one attached hydrogen (secondary N) is 1. The lowest BCUT2D eigenvalue weighted by Crippen LogP contribution is -2.29. The van der Waals surface area contributed by atoms with Gasteiger partial charge in [0.05, 0.1) is 6.61 Å². The molecule has 2 nitrogen and oxygen atoms in total. The van der Waals surface area contributed by atoms with Gasteiger partial charge in [0.2, 0.25) is 0 Å². The standard InChI is InChI=1S/C6H13NO/c1-5-2-3-6(4-8)7-5/h5-8H,2-4H2,1H3. The number of hydrogen-bond acceptors (Lipinski definition) is 2. The van der Waals surface area contributed by atoms with Gasteiger partial charge in [-0.2, -0.15) is 0 Å². The number of aliphatic hydroxyl groups is 1. The monoisotopic (exact) mass is 115 g/mol. The van der Waals surface area contributed by atoms with E-state index in [9.17, 15) is 0 Å². The highest BCUT2D eigenvalue weighted by atomic mass is 16.3.